The second-order valence-corrected chi connectivity index (χ2v) is 7.55. The summed E-state index contributed by atoms with van der Waals surface area (Å²) in [6.07, 6.45) is 3.47. The Balaban J connectivity index is 1.53. The summed E-state index contributed by atoms with van der Waals surface area (Å²) in [7, 11) is 0. The van der Waals surface area contributed by atoms with Crippen LogP contribution in [0.3, 0.4) is 0 Å². The molecule has 3 heterocycles. The van der Waals surface area contributed by atoms with Crippen LogP contribution in [0.5, 0.6) is 0 Å². The molecule has 138 valence electrons. The van der Waals surface area contributed by atoms with Gasteiger partial charge in [0.25, 0.3) is 5.91 Å². The number of benzene rings is 1. The number of aromatic nitrogens is 1. The van der Waals surface area contributed by atoms with Crippen LogP contribution < -0.4 is 4.90 Å². The van der Waals surface area contributed by atoms with Gasteiger partial charge in [0.15, 0.2) is 0 Å². The number of anilines is 1. The van der Waals surface area contributed by atoms with Crippen LogP contribution in [0.2, 0.25) is 0 Å². The van der Waals surface area contributed by atoms with Crippen molar-refractivity contribution < 1.29 is 14.7 Å². The third-order valence-corrected chi connectivity index (χ3v) is 6.00. The minimum atomic E-state index is -0.198. The van der Waals surface area contributed by atoms with Gasteiger partial charge in [-0.1, -0.05) is 24.3 Å². The van der Waals surface area contributed by atoms with Gasteiger partial charge in [-0.05, 0) is 36.6 Å². The van der Waals surface area contributed by atoms with Gasteiger partial charge in [-0.15, -0.1) is 0 Å². The summed E-state index contributed by atoms with van der Waals surface area (Å²) in [6, 6.07) is 12.8. The number of rotatable bonds is 3. The molecule has 2 amide bonds. The molecule has 0 unspecified atom stereocenters. The fourth-order valence-corrected chi connectivity index (χ4v) is 4.55. The molecule has 3 aliphatic rings. The standard InChI is InChI=1S/C21H21N3O3/c25-12-18-19-14-5-1-2-7-16(14)23(21(27)15-6-3-4-10-22-15)11-17(19)24(18)20(26)13-8-9-13/h1-7,10,13,17-19,25H,8-9,11-12H2/t17-,18-,19+/m0/s1. The number of amides is 2. The minimum absolute atomic E-state index is 0.0534. The molecular formula is C21H21N3O3. The molecule has 27 heavy (non-hydrogen) atoms. The van der Waals surface area contributed by atoms with Crippen molar-refractivity contribution in [1.82, 2.24) is 9.88 Å². The summed E-state index contributed by atoms with van der Waals surface area (Å²) in [5.74, 6) is 0.131. The number of carbonyl (C=O) groups is 2. The molecule has 1 N–H and O–H groups in total. The third kappa shape index (κ3) is 2.47. The average Bonchev–Trinajstić information content (AvgIpc) is 3.54. The summed E-state index contributed by atoms with van der Waals surface area (Å²) in [5.41, 5.74) is 2.27. The monoisotopic (exact) mass is 363 g/mol. The van der Waals surface area contributed by atoms with Crippen molar-refractivity contribution in [3.8, 4) is 0 Å². The fourth-order valence-electron chi connectivity index (χ4n) is 4.55. The number of fused-ring (bicyclic) bond motifs is 3. The quantitative estimate of drug-likeness (QED) is 0.903. The largest absolute Gasteiger partial charge is 0.394 e. The fraction of sp³-hybridized carbons (Fsp3) is 0.381. The Morgan fingerprint density at radius 2 is 1.89 bits per heavy atom. The second kappa shape index (κ2) is 6.16. The molecule has 1 aromatic heterocycles. The highest BCUT2D eigenvalue weighted by molar-refractivity contribution is 6.06. The Labute approximate surface area is 157 Å². The molecule has 2 aliphatic heterocycles. The second-order valence-electron chi connectivity index (χ2n) is 7.55. The summed E-state index contributed by atoms with van der Waals surface area (Å²) in [4.78, 5) is 33.7. The van der Waals surface area contributed by atoms with Crippen LogP contribution >= 0.6 is 0 Å². The van der Waals surface area contributed by atoms with Crippen LogP contribution in [0, 0.1) is 5.92 Å². The van der Waals surface area contributed by atoms with Gasteiger partial charge >= 0.3 is 0 Å². The van der Waals surface area contributed by atoms with Gasteiger partial charge in [-0.2, -0.15) is 0 Å². The van der Waals surface area contributed by atoms with E-state index in [-0.39, 0.29) is 42.3 Å². The van der Waals surface area contributed by atoms with Crippen molar-refractivity contribution in [3.05, 3.63) is 59.9 Å². The van der Waals surface area contributed by atoms with Crippen LogP contribution in [-0.4, -0.2) is 52.0 Å². The topological polar surface area (TPSA) is 73.7 Å². The number of hydrogen-bond donors (Lipinski definition) is 1. The maximum atomic E-state index is 13.1. The van der Waals surface area contributed by atoms with E-state index in [2.05, 4.69) is 4.98 Å². The summed E-state index contributed by atoms with van der Waals surface area (Å²) in [6.45, 7) is 0.383. The van der Waals surface area contributed by atoms with Crippen LogP contribution in [-0.2, 0) is 4.79 Å². The van der Waals surface area contributed by atoms with E-state index in [1.165, 1.54) is 0 Å². The number of likely N-dealkylation sites (tertiary alicyclic amines) is 1. The molecule has 2 fully saturated rings. The highest BCUT2D eigenvalue weighted by Gasteiger charge is 2.57. The van der Waals surface area contributed by atoms with Crippen LogP contribution in [0.25, 0.3) is 0 Å². The van der Waals surface area contributed by atoms with Crippen LogP contribution in [0.15, 0.2) is 48.7 Å². The molecule has 5 rings (SSSR count). The van der Waals surface area contributed by atoms with Gasteiger partial charge in [0.05, 0.1) is 18.7 Å². The zero-order chi connectivity index (χ0) is 18.5. The number of carbonyl (C=O) groups excluding carboxylic acids is 2. The Morgan fingerprint density at radius 1 is 1.11 bits per heavy atom. The van der Waals surface area contributed by atoms with Crippen molar-refractivity contribution >= 4 is 17.5 Å². The zero-order valence-corrected chi connectivity index (χ0v) is 14.9. The minimum Gasteiger partial charge on any atom is -0.394 e. The van der Waals surface area contributed by atoms with E-state index in [0.717, 1.165) is 24.1 Å². The zero-order valence-electron chi connectivity index (χ0n) is 14.9. The number of nitrogens with zero attached hydrogens (tertiary/aromatic N) is 3. The molecule has 2 aromatic rings. The van der Waals surface area contributed by atoms with Gasteiger partial charge in [0.1, 0.15) is 5.69 Å². The Morgan fingerprint density at radius 3 is 2.59 bits per heavy atom. The molecule has 3 atom stereocenters. The third-order valence-electron chi connectivity index (χ3n) is 6.00. The predicted molar refractivity (Wildman–Crippen MR) is 99.3 cm³/mol. The highest BCUT2D eigenvalue weighted by atomic mass is 16.3. The summed E-state index contributed by atoms with van der Waals surface area (Å²) in [5, 5.41) is 9.94. The summed E-state index contributed by atoms with van der Waals surface area (Å²) < 4.78 is 0. The molecule has 1 aromatic carbocycles. The molecule has 0 radical (unpaired) electrons. The molecular weight excluding hydrogens is 342 g/mol. The van der Waals surface area contributed by atoms with Crippen molar-refractivity contribution in [3.63, 3.8) is 0 Å². The Hall–Kier alpha value is -2.73. The number of pyridine rings is 1. The number of hydrogen-bond acceptors (Lipinski definition) is 4. The SMILES string of the molecule is O=C(c1ccccn1)N1C[C@H]2[C@@H](c3ccccc31)[C@H](CO)N2C(=O)C1CC1. The smallest absolute Gasteiger partial charge is 0.276 e. The lowest BCUT2D eigenvalue weighted by atomic mass is 9.71. The van der Waals surface area contributed by atoms with Crippen molar-refractivity contribution in [2.75, 3.05) is 18.1 Å². The maximum absolute atomic E-state index is 13.1. The number of para-hydroxylation sites is 1. The lowest BCUT2D eigenvalue weighted by molar-refractivity contribution is -0.151. The van der Waals surface area contributed by atoms with E-state index >= 15 is 0 Å². The van der Waals surface area contributed by atoms with Crippen molar-refractivity contribution in [2.24, 2.45) is 5.92 Å². The van der Waals surface area contributed by atoms with Crippen LogP contribution in [0.1, 0.15) is 34.8 Å². The molecule has 6 nitrogen and oxygen atoms in total. The van der Waals surface area contributed by atoms with E-state index in [1.807, 2.05) is 29.2 Å². The molecule has 1 saturated heterocycles. The molecule has 0 spiro atoms. The highest BCUT2D eigenvalue weighted by Crippen LogP contribution is 2.50. The van der Waals surface area contributed by atoms with Gasteiger partial charge in [-0.3, -0.25) is 14.6 Å². The molecule has 6 heteroatoms. The first-order valence-corrected chi connectivity index (χ1v) is 9.45. The van der Waals surface area contributed by atoms with E-state index in [0.29, 0.717) is 12.2 Å². The maximum Gasteiger partial charge on any atom is 0.276 e. The molecule has 0 bridgehead atoms. The van der Waals surface area contributed by atoms with Crippen molar-refractivity contribution in [1.29, 1.82) is 0 Å². The van der Waals surface area contributed by atoms with Crippen LogP contribution in [0.4, 0.5) is 5.69 Å². The van der Waals surface area contributed by atoms with Gasteiger partial charge in [-0.25, -0.2) is 0 Å². The average molecular weight is 363 g/mol. The van der Waals surface area contributed by atoms with Gasteiger partial charge in [0.2, 0.25) is 5.91 Å². The lowest BCUT2D eigenvalue weighted by Gasteiger charge is -2.59. The first-order chi connectivity index (χ1) is 13.2. The first kappa shape index (κ1) is 16.4. The Kier molecular flexibility index (Phi) is 3.75. The number of aliphatic hydroxyl groups is 1. The predicted octanol–water partition coefficient (Wildman–Crippen LogP) is 1.81. The van der Waals surface area contributed by atoms with E-state index in [1.54, 1.807) is 29.3 Å². The lowest BCUT2D eigenvalue weighted by Crippen LogP contribution is -2.71. The van der Waals surface area contributed by atoms with Gasteiger partial charge < -0.3 is 14.9 Å². The molecule has 1 aliphatic carbocycles. The summed E-state index contributed by atoms with van der Waals surface area (Å²) >= 11 is 0. The molecule has 1 saturated carbocycles. The van der Waals surface area contributed by atoms with E-state index in [4.69, 9.17) is 0 Å². The van der Waals surface area contributed by atoms with E-state index < -0.39 is 0 Å². The Bertz CT molecular complexity index is 897. The van der Waals surface area contributed by atoms with Gasteiger partial charge in [0, 0.05) is 30.3 Å². The first-order valence-electron chi connectivity index (χ1n) is 9.45. The van der Waals surface area contributed by atoms with E-state index in [9.17, 15) is 14.7 Å². The normalized spacial score (nSPS) is 26.0. The van der Waals surface area contributed by atoms with Crippen molar-refractivity contribution in [2.45, 2.75) is 30.8 Å². The number of aliphatic hydroxyl groups excluding tert-OH is 1.